The Morgan fingerprint density at radius 2 is 1.33 bits per heavy atom. The highest BCUT2D eigenvalue weighted by Gasteiger charge is 2.50. The Morgan fingerprint density at radius 1 is 0.778 bits per heavy atom. The molecule has 1 heterocycles. The van der Waals surface area contributed by atoms with Crippen molar-refractivity contribution >= 4 is 18.7 Å². The maximum absolute atomic E-state index is 7.26. The van der Waals surface area contributed by atoms with Crippen LogP contribution < -0.4 is 15.7 Å². The molecular formula is C31H41NO3Si. The molecule has 0 spiro atoms. The summed E-state index contributed by atoms with van der Waals surface area (Å²) in [5.74, 6) is 0. The molecule has 3 aromatic rings. The van der Waals surface area contributed by atoms with Gasteiger partial charge in [-0.15, -0.1) is 0 Å². The lowest BCUT2D eigenvalue weighted by molar-refractivity contribution is -0.0736. The van der Waals surface area contributed by atoms with E-state index in [1.54, 1.807) is 0 Å². The van der Waals surface area contributed by atoms with Crippen LogP contribution in [0.2, 0.25) is 5.04 Å². The zero-order valence-electron chi connectivity index (χ0n) is 22.2. The lowest BCUT2D eigenvalue weighted by Crippen LogP contribution is -2.68. The molecule has 5 heteroatoms. The van der Waals surface area contributed by atoms with E-state index in [9.17, 15) is 0 Å². The van der Waals surface area contributed by atoms with Gasteiger partial charge in [-0.3, -0.25) is 5.32 Å². The molecule has 4 nitrogen and oxygen atoms in total. The van der Waals surface area contributed by atoms with E-state index >= 15 is 0 Å². The molecule has 0 aliphatic carbocycles. The number of benzene rings is 3. The van der Waals surface area contributed by atoms with Crippen LogP contribution in [-0.2, 0) is 20.5 Å². The molecule has 192 valence electrons. The van der Waals surface area contributed by atoms with Crippen molar-refractivity contribution in [2.24, 2.45) is 0 Å². The maximum Gasteiger partial charge on any atom is 0.261 e. The Balaban J connectivity index is 1.62. The van der Waals surface area contributed by atoms with Crippen LogP contribution in [0.3, 0.4) is 0 Å². The second kappa shape index (κ2) is 12.3. The van der Waals surface area contributed by atoms with Crippen molar-refractivity contribution in [2.45, 2.75) is 70.6 Å². The van der Waals surface area contributed by atoms with Crippen LogP contribution in [0.1, 0.15) is 46.1 Å². The van der Waals surface area contributed by atoms with Gasteiger partial charge < -0.3 is 13.9 Å². The van der Waals surface area contributed by atoms with E-state index in [0.29, 0.717) is 19.8 Å². The molecule has 0 bridgehead atoms. The fourth-order valence-corrected chi connectivity index (χ4v) is 9.97. The zero-order valence-corrected chi connectivity index (χ0v) is 23.2. The van der Waals surface area contributed by atoms with E-state index < -0.39 is 8.32 Å². The van der Waals surface area contributed by atoms with Gasteiger partial charge in [-0.2, -0.15) is 0 Å². The summed E-state index contributed by atoms with van der Waals surface area (Å²) in [4.78, 5) is 0. The van der Waals surface area contributed by atoms with Gasteiger partial charge in [-0.25, -0.2) is 0 Å². The van der Waals surface area contributed by atoms with Crippen LogP contribution in [0.5, 0.6) is 0 Å². The van der Waals surface area contributed by atoms with Gasteiger partial charge in [0.2, 0.25) is 0 Å². The smallest absolute Gasteiger partial charge is 0.261 e. The topological polar surface area (TPSA) is 39.7 Å². The number of rotatable bonds is 10. The van der Waals surface area contributed by atoms with Gasteiger partial charge in [0.05, 0.1) is 25.4 Å². The van der Waals surface area contributed by atoms with E-state index in [-0.39, 0.29) is 23.4 Å². The highest BCUT2D eigenvalue weighted by molar-refractivity contribution is 6.99. The minimum absolute atomic E-state index is 0.0272. The van der Waals surface area contributed by atoms with Crippen LogP contribution in [0.25, 0.3) is 0 Å². The molecule has 4 rings (SSSR count). The van der Waals surface area contributed by atoms with Crippen molar-refractivity contribution < 1.29 is 13.9 Å². The maximum atomic E-state index is 7.26. The van der Waals surface area contributed by atoms with E-state index in [2.05, 4.69) is 111 Å². The highest BCUT2D eigenvalue weighted by atomic mass is 28.4. The van der Waals surface area contributed by atoms with Crippen molar-refractivity contribution in [2.75, 3.05) is 13.2 Å². The summed E-state index contributed by atoms with van der Waals surface area (Å²) in [6.07, 6.45) is 1.96. The Kier molecular flexibility index (Phi) is 9.15. The Hall–Kier alpha value is -2.28. The van der Waals surface area contributed by atoms with Gasteiger partial charge in [0.25, 0.3) is 8.32 Å². The fraction of sp³-hybridized carbons (Fsp3) is 0.419. The summed E-state index contributed by atoms with van der Waals surface area (Å²) < 4.78 is 19.7. The summed E-state index contributed by atoms with van der Waals surface area (Å²) in [7, 11) is -2.63. The number of hydrogen-bond donors (Lipinski definition) is 1. The average molecular weight is 504 g/mol. The van der Waals surface area contributed by atoms with Crippen molar-refractivity contribution in [3.05, 3.63) is 96.6 Å². The summed E-state index contributed by atoms with van der Waals surface area (Å²) in [5, 5.41) is 6.24. The van der Waals surface area contributed by atoms with Crippen molar-refractivity contribution in [3.8, 4) is 0 Å². The first-order valence-corrected chi connectivity index (χ1v) is 15.1. The van der Waals surface area contributed by atoms with Crippen LogP contribution in [0.15, 0.2) is 91.0 Å². The molecule has 0 aromatic heterocycles. The molecule has 1 saturated heterocycles. The first kappa shape index (κ1) is 26.8. The molecule has 0 radical (unpaired) electrons. The highest BCUT2D eigenvalue weighted by Crippen LogP contribution is 2.37. The normalized spacial score (nSPS) is 20.8. The van der Waals surface area contributed by atoms with Gasteiger partial charge >= 0.3 is 0 Å². The first-order chi connectivity index (χ1) is 17.4. The van der Waals surface area contributed by atoms with Crippen LogP contribution in [0.4, 0.5) is 0 Å². The van der Waals surface area contributed by atoms with Crippen molar-refractivity contribution in [3.63, 3.8) is 0 Å². The van der Waals surface area contributed by atoms with Gasteiger partial charge in [0, 0.05) is 6.61 Å². The molecule has 1 aliphatic heterocycles. The third kappa shape index (κ3) is 6.16. The lowest BCUT2D eigenvalue weighted by atomic mass is 10.0. The first-order valence-electron chi connectivity index (χ1n) is 13.2. The SMILES string of the molecule is CCO[C@H]1CC[C@@H](OCc2ccccc2)[C@H](CO[Si](c2ccccc2)(c2ccccc2)C(C)(C)C)N1. The lowest BCUT2D eigenvalue weighted by Gasteiger charge is -2.45. The van der Waals surface area contributed by atoms with Gasteiger partial charge in [0.1, 0.15) is 6.23 Å². The van der Waals surface area contributed by atoms with Crippen LogP contribution >= 0.6 is 0 Å². The predicted octanol–water partition coefficient (Wildman–Crippen LogP) is 5.26. The largest absolute Gasteiger partial charge is 0.406 e. The second-order valence-electron chi connectivity index (χ2n) is 10.6. The molecule has 0 amide bonds. The molecule has 0 saturated carbocycles. The van der Waals surface area contributed by atoms with Crippen LogP contribution in [-0.4, -0.2) is 39.9 Å². The van der Waals surface area contributed by atoms with E-state index in [1.165, 1.54) is 15.9 Å². The van der Waals surface area contributed by atoms with Crippen LogP contribution in [0, 0.1) is 0 Å². The minimum atomic E-state index is -2.63. The minimum Gasteiger partial charge on any atom is -0.406 e. The van der Waals surface area contributed by atoms with E-state index in [4.69, 9.17) is 13.9 Å². The summed E-state index contributed by atoms with van der Waals surface area (Å²) in [5.41, 5.74) is 1.19. The third-order valence-corrected chi connectivity index (χ3v) is 12.1. The van der Waals surface area contributed by atoms with Crippen molar-refractivity contribution in [1.29, 1.82) is 0 Å². The van der Waals surface area contributed by atoms with E-state index in [0.717, 1.165) is 12.8 Å². The molecule has 0 unspecified atom stereocenters. The Morgan fingerprint density at radius 3 is 1.86 bits per heavy atom. The number of piperidine rings is 1. The fourth-order valence-electron chi connectivity index (χ4n) is 5.39. The Labute approximate surface area is 218 Å². The molecule has 3 atom stereocenters. The Bertz CT molecular complexity index is 1000. The molecular weight excluding hydrogens is 462 g/mol. The second-order valence-corrected chi connectivity index (χ2v) is 14.9. The van der Waals surface area contributed by atoms with E-state index in [1.807, 2.05) is 13.0 Å². The molecule has 1 N–H and O–H groups in total. The van der Waals surface area contributed by atoms with Gasteiger partial charge in [-0.05, 0) is 40.7 Å². The monoisotopic (exact) mass is 503 g/mol. The third-order valence-electron chi connectivity index (χ3n) is 7.13. The summed E-state index contributed by atoms with van der Waals surface area (Å²) in [6.45, 7) is 10.9. The summed E-state index contributed by atoms with van der Waals surface area (Å²) in [6, 6.07) is 32.1. The number of nitrogens with one attached hydrogen (secondary N) is 1. The number of ether oxygens (including phenoxy) is 2. The number of hydrogen-bond acceptors (Lipinski definition) is 4. The average Bonchev–Trinajstić information content (AvgIpc) is 2.90. The molecule has 3 aromatic carbocycles. The molecule has 1 aliphatic rings. The van der Waals surface area contributed by atoms with Gasteiger partial charge in [0.15, 0.2) is 0 Å². The quantitative estimate of drug-likeness (QED) is 0.383. The van der Waals surface area contributed by atoms with Crippen molar-refractivity contribution in [1.82, 2.24) is 5.32 Å². The predicted molar refractivity (Wildman–Crippen MR) is 150 cm³/mol. The standard InChI is InChI=1S/C31H41NO3Si/c1-5-33-30-22-21-29(34-23-25-15-9-6-10-16-25)28(32-30)24-35-36(31(2,3)4,26-17-11-7-12-18-26)27-19-13-8-14-20-27/h6-20,28-30,32H,5,21-24H2,1-4H3/t28-,29+,30-/m0/s1. The molecule has 36 heavy (non-hydrogen) atoms. The summed E-state index contributed by atoms with van der Waals surface area (Å²) >= 11 is 0. The zero-order chi connectivity index (χ0) is 25.4. The van der Waals surface area contributed by atoms with Gasteiger partial charge in [-0.1, -0.05) is 112 Å². The molecule has 1 fully saturated rings.